The molecule has 2 rings (SSSR count). The summed E-state index contributed by atoms with van der Waals surface area (Å²) < 4.78 is 1.04. The fourth-order valence-electron chi connectivity index (χ4n) is 1.91. The van der Waals surface area contributed by atoms with Gasteiger partial charge in [-0.3, -0.25) is 4.79 Å². The number of nitrogens with one attached hydrogen (secondary N) is 1. The van der Waals surface area contributed by atoms with Gasteiger partial charge in [-0.25, -0.2) is 0 Å². The third kappa shape index (κ3) is 3.38. The van der Waals surface area contributed by atoms with Crippen LogP contribution in [0, 0.1) is 5.41 Å². The number of fused-ring (bicyclic) bond motifs is 1. The normalized spacial score (nSPS) is 13.2. The Bertz CT molecular complexity index is 646. The number of carbonyl (C=O) groups is 1. The van der Waals surface area contributed by atoms with Crippen LogP contribution in [0.5, 0.6) is 0 Å². The summed E-state index contributed by atoms with van der Waals surface area (Å²) in [7, 11) is 0. The molecule has 20 heavy (non-hydrogen) atoms. The average molecular weight is 335 g/mol. The zero-order valence-electron chi connectivity index (χ0n) is 11.9. The van der Waals surface area contributed by atoms with E-state index in [1.807, 2.05) is 57.2 Å². The molecule has 0 spiro atoms. The molecule has 1 amide bonds. The van der Waals surface area contributed by atoms with E-state index >= 15 is 0 Å². The van der Waals surface area contributed by atoms with Crippen molar-refractivity contribution in [2.24, 2.45) is 11.1 Å². The van der Waals surface area contributed by atoms with Crippen LogP contribution in [0.15, 0.2) is 40.9 Å². The molecule has 2 aromatic rings. The van der Waals surface area contributed by atoms with Crippen LogP contribution in [-0.4, -0.2) is 11.9 Å². The number of rotatable bonds is 2. The number of hydrogen-bond donors (Lipinski definition) is 2. The van der Waals surface area contributed by atoms with Crippen LogP contribution in [0.4, 0.5) is 5.69 Å². The number of halogens is 1. The molecule has 3 nitrogen and oxygen atoms in total. The monoisotopic (exact) mass is 334 g/mol. The van der Waals surface area contributed by atoms with E-state index in [2.05, 4.69) is 21.2 Å². The lowest BCUT2D eigenvalue weighted by molar-refractivity contribution is -0.119. The SMILES string of the molecule is CC(C)(C)C(N)C(=O)Nc1ccc2cc(Br)ccc2c1. The van der Waals surface area contributed by atoms with Gasteiger partial charge < -0.3 is 11.1 Å². The fraction of sp³-hybridized carbons (Fsp3) is 0.312. The third-order valence-electron chi connectivity index (χ3n) is 3.29. The largest absolute Gasteiger partial charge is 0.325 e. The maximum Gasteiger partial charge on any atom is 0.241 e. The Balaban J connectivity index is 2.22. The van der Waals surface area contributed by atoms with Gasteiger partial charge in [0.25, 0.3) is 0 Å². The van der Waals surface area contributed by atoms with Crippen LogP contribution >= 0.6 is 15.9 Å². The third-order valence-corrected chi connectivity index (χ3v) is 3.78. The first-order chi connectivity index (χ1) is 9.27. The number of nitrogens with two attached hydrogens (primary N) is 1. The Labute approximate surface area is 127 Å². The van der Waals surface area contributed by atoms with E-state index in [-0.39, 0.29) is 11.3 Å². The van der Waals surface area contributed by atoms with Gasteiger partial charge in [-0.1, -0.05) is 48.8 Å². The van der Waals surface area contributed by atoms with Gasteiger partial charge in [-0.2, -0.15) is 0 Å². The maximum absolute atomic E-state index is 12.1. The Morgan fingerprint density at radius 3 is 2.40 bits per heavy atom. The Hall–Kier alpha value is -1.39. The first-order valence-electron chi connectivity index (χ1n) is 6.53. The highest BCUT2D eigenvalue weighted by molar-refractivity contribution is 9.10. The number of carbonyl (C=O) groups excluding carboxylic acids is 1. The predicted octanol–water partition coefficient (Wildman–Crippen LogP) is 3.91. The van der Waals surface area contributed by atoms with Crippen LogP contribution in [0.1, 0.15) is 20.8 Å². The van der Waals surface area contributed by atoms with Crippen LogP contribution in [0.3, 0.4) is 0 Å². The van der Waals surface area contributed by atoms with E-state index in [9.17, 15) is 4.79 Å². The van der Waals surface area contributed by atoms with E-state index in [0.717, 1.165) is 20.9 Å². The minimum Gasteiger partial charge on any atom is -0.325 e. The van der Waals surface area contributed by atoms with Gasteiger partial charge in [0.15, 0.2) is 0 Å². The van der Waals surface area contributed by atoms with E-state index in [0.29, 0.717) is 0 Å². The summed E-state index contributed by atoms with van der Waals surface area (Å²) in [5.74, 6) is -0.158. The lowest BCUT2D eigenvalue weighted by Crippen LogP contribution is -2.45. The lowest BCUT2D eigenvalue weighted by Gasteiger charge is -2.25. The second kappa shape index (κ2) is 5.54. The molecule has 3 N–H and O–H groups in total. The zero-order chi connectivity index (χ0) is 14.9. The van der Waals surface area contributed by atoms with Crippen molar-refractivity contribution in [2.75, 3.05) is 5.32 Å². The standard InChI is InChI=1S/C16H19BrN2O/c1-16(2,3)14(18)15(20)19-13-7-5-10-8-12(17)6-4-11(10)9-13/h4-9,14H,18H2,1-3H3,(H,19,20). The van der Waals surface area contributed by atoms with E-state index in [4.69, 9.17) is 5.73 Å². The molecule has 1 atom stereocenters. The maximum atomic E-state index is 12.1. The number of hydrogen-bond acceptors (Lipinski definition) is 2. The van der Waals surface area contributed by atoms with E-state index in [1.54, 1.807) is 0 Å². The second-order valence-electron chi connectivity index (χ2n) is 6.04. The van der Waals surface area contributed by atoms with Gasteiger partial charge in [0.2, 0.25) is 5.91 Å². The molecular weight excluding hydrogens is 316 g/mol. The molecule has 0 fully saturated rings. The van der Waals surface area contributed by atoms with Gasteiger partial charge in [-0.15, -0.1) is 0 Å². The Kier molecular flexibility index (Phi) is 4.16. The minimum absolute atomic E-state index is 0.158. The quantitative estimate of drug-likeness (QED) is 0.874. The smallest absolute Gasteiger partial charge is 0.241 e. The molecule has 0 radical (unpaired) electrons. The molecule has 106 valence electrons. The number of benzene rings is 2. The summed E-state index contributed by atoms with van der Waals surface area (Å²) >= 11 is 3.45. The highest BCUT2D eigenvalue weighted by Crippen LogP contribution is 2.24. The van der Waals surface area contributed by atoms with E-state index < -0.39 is 6.04 Å². The molecule has 2 aromatic carbocycles. The predicted molar refractivity (Wildman–Crippen MR) is 87.7 cm³/mol. The summed E-state index contributed by atoms with van der Waals surface area (Å²) in [6, 6.07) is 11.3. The molecule has 4 heteroatoms. The minimum atomic E-state index is -0.539. The van der Waals surface area contributed by atoms with Crippen LogP contribution in [-0.2, 0) is 4.79 Å². The molecule has 0 aliphatic rings. The van der Waals surface area contributed by atoms with Crippen molar-refractivity contribution in [1.29, 1.82) is 0 Å². The molecule has 0 aromatic heterocycles. The second-order valence-corrected chi connectivity index (χ2v) is 6.95. The zero-order valence-corrected chi connectivity index (χ0v) is 13.5. The van der Waals surface area contributed by atoms with Crippen molar-refractivity contribution in [1.82, 2.24) is 0 Å². The van der Waals surface area contributed by atoms with Crippen LogP contribution < -0.4 is 11.1 Å². The van der Waals surface area contributed by atoms with Crippen molar-refractivity contribution in [3.8, 4) is 0 Å². The fourth-order valence-corrected chi connectivity index (χ4v) is 2.29. The highest BCUT2D eigenvalue weighted by atomic mass is 79.9. The first-order valence-corrected chi connectivity index (χ1v) is 7.32. The van der Waals surface area contributed by atoms with Crippen molar-refractivity contribution in [2.45, 2.75) is 26.8 Å². The molecule has 0 bridgehead atoms. The van der Waals surface area contributed by atoms with Crippen LogP contribution in [0.25, 0.3) is 10.8 Å². The lowest BCUT2D eigenvalue weighted by atomic mass is 9.87. The summed E-state index contributed by atoms with van der Waals surface area (Å²) in [4.78, 5) is 12.1. The average Bonchev–Trinajstić information content (AvgIpc) is 2.37. The molecule has 0 saturated carbocycles. The Morgan fingerprint density at radius 1 is 1.15 bits per heavy atom. The van der Waals surface area contributed by atoms with Gasteiger partial charge in [0.05, 0.1) is 6.04 Å². The summed E-state index contributed by atoms with van der Waals surface area (Å²) in [6.07, 6.45) is 0. The molecular formula is C16H19BrN2O. The van der Waals surface area contributed by atoms with Crippen molar-refractivity contribution in [3.05, 3.63) is 40.9 Å². The molecule has 0 aliphatic carbocycles. The molecule has 0 aliphatic heterocycles. The van der Waals surface area contributed by atoms with Crippen LogP contribution in [0.2, 0.25) is 0 Å². The van der Waals surface area contributed by atoms with Crippen molar-refractivity contribution < 1.29 is 4.79 Å². The number of anilines is 1. The number of amides is 1. The van der Waals surface area contributed by atoms with Gasteiger partial charge in [0, 0.05) is 10.2 Å². The summed E-state index contributed by atoms with van der Waals surface area (Å²) in [5, 5.41) is 5.08. The molecule has 0 saturated heterocycles. The topological polar surface area (TPSA) is 55.1 Å². The molecule has 0 heterocycles. The van der Waals surface area contributed by atoms with Gasteiger partial charge in [-0.05, 0) is 40.5 Å². The highest BCUT2D eigenvalue weighted by Gasteiger charge is 2.27. The Morgan fingerprint density at radius 2 is 1.75 bits per heavy atom. The molecule has 1 unspecified atom stereocenters. The van der Waals surface area contributed by atoms with Crippen molar-refractivity contribution in [3.63, 3.8) is 0 Å². The summed E-state index contributed by atoms with van der Waals surface area (Å²) in [5.41, 5.74) is 6.47. The van der Waals surface area contributed by atoms with Gasteiger partial charge in [0.1, 0.15) is 0 Å². The van der Waals surface area contributed by atoms with Gasteiger partial charge >= 0.3 is 0 Å². The van der Waals surface area contributed by atoms with Crippen molar-refractivity contribution >= 4 is 38.3 Å². The van der Waals surface area contributed by atoms with E-state index in [1.165, 1.54) is 0 Å². The first kappa shape index (κ1) is 15.0. The summed E-state index contributed by atoms with van der Waals surface area (Å²) in [6.45, 7) is 5.86.